The molecule has 0 unspecified atom stereocenters. The minimum Gasteiger partial charge on any atom is -0.294 e. The fraction of sp³-hybridized carbons (Fsp3) is 0.294. The molecule has 0 fully saturated rings. The molecule has 1 N–H and O–H groups in total. The Bertz CT molecular complexity index is 646. The summed E-state index contributed by atoms with van der Waals surface area (Å²) in [5.41, 5.74) is 5.88. The molecule has 2 atom stereocenters. The predicted molar refractivity (Wildman–Crippen MR) is 73.5 cm³/mol. The van der Waals surface area contributed by atoms with E-state index in [0.717, 1.165) is 6.42 Å². The molecule has 4 rings (SSSR count). The Morgan fingerprint density at radius 3 is 2.22 bits per heavy atom. The lowest BCUT2D eigenvalue weighted by Crippen LogP contribution is -2.50. The molecular formula is C17H17N. The van der Waals surface area contributed by atoms with Crippen LogP contribution >= 0.6 is 0 Å². The summed E-state index contributed by atoms with van der Waals surface area (Å²) < 4.78 is 0. The average molecular weight is 235 g/mol. The van der Waals surface area contributed by atoms with Crippen molar-refractivity contribution in [3.05, 3.63) is 70.8 Å². The number of nitrogens with one attached hydrogen (secondary N) is 1. The maximum atomic E-state index is 3.86. The molecule has 2 aromatic rings. The van der Waals surface area contributed by atoms with Gasteiger partial charge >= 0.3 is 0 Å². The van der Waals surface area contributed by atoms with Crippen LogP contribution in [-0.2, 0) is 17.5 Å². The largest absolute Gasteiger partial charge is 0.294 e. The average Bonchev–Trinajstić information content (AvgIpc) is 2.56. The Kier molecular flexibility index (Phi) is 1.75. The maximum absolute atomic E-state index is 3.86. The molecular weight excluding hydrogens is 218 g/mol. The zero-order chi connectivity index (χ0) is 12.4. The van der Waals surface area contributed by atoms with Gasteiger partial charge in [-0.15, -0.1) is 0 Å². The van der Waals surface area contributed by atoms with Gasteiger partial charge in [-0.3, -0.25) is 5.32 Å². The molecule has 0 amide bonds. The minimum atomic E-state index is -0.0276. The van der Waals surface area contributed by atoms with Gasteiger partial charge in [-0.25, -0.2) is 0 Å². The van der Waals surface area contributed by atoms with Crippen molar-refractivity contribution in [3.63, 3.8) is 0 Å². The second-order valence-electron chi connectivity index (χ2n) is 5.96. The van der Waals surface area contributed by atoms with Crippen molar-refractivity contribution in [1.29, 1.82) is 0 Å². The van der Waals surface area contributed by atoms with Crippen molar-refractivity contribution in [2.24, 2.45) is 0 Å². The summed E-state index contributed by atoms with van der Waals surface area (Å²) in [6, 6.07) is 17.7. The second-order valence-corrected chi connectivity index (χ2v) is 5.96. The molecule has 2 aliphatic heterocycles. The second kappa shape index (κ2) is 3.04. The Labute approximate surface area is 108 Å². The third-order valence-corrected chi connectivity index (χ3v) is 4.69. The highest BCUT2D eigenvalue weighted by molar-refractivity contribution is 5.56. The summed E-state index contributed by atoms with van der Waals surface area (Å²) in [7, 11) is 0. The van der Waals surface area contributed by atoms with Crippen molar-refractivity contribution >= 4 is 0 Å². The number of rotatable bonds is 0. The normalized spacial score (nSPS) is 31.9. The first-order valence-electron chi connectivity index (χ1n) is 6.61. The van der Waals surface area contributed by atoms with Crippen molar-refractivity contribution in [1.82, 2.24) is 5.32 Å². The standard InChI is InChI=1S/C17H17N/c1-16-11-12-7-3-4-8-13(12)17(2,18-16)15-10-6-5-9-14(15)16/h3-10,18H,11H2,1-2H3/t16-,17+/m1/s1. The molecule has 1 heteroatoms. The van der Waals surface area contributed by atoms with Gasteiger partial charge in [0, 0.05) is 5.54 Å². The van der Waals surface area contributed by atoms with Crippen LogP contribution in [0.25, 0.3) is 0 Å². The summed E-state index contributed by atoms with van der Waals surface area (Å²) in [6.07, 6.45) is 1.08. The van der Waals surface area contributed by atoms with Gasteiger partial charge in [0.1, 0.15) is 0 Å². The van der Waals surface area contributed by atoms with Crippen LogP contribution in [0.15, 0.2) is 48.5 Å². The van der Waals surface area contributed by atoms with Crippen LogP contribution in [0.2, 0.25) is 0 Å². The number of hydrogen-bond acceptors (Lipinski definition) is 1. The molecule has 2 heterocycles. The van der Waals surface area contributed by atoms with E-state index < -0.39 is 0 Å². The van der Waals surface area contributed by atoms with Crippen LogP contribution in [-0.4, -0.2) is 0 Å². The molecule has 90 valence electrons. The summed E-state index contributed by atoms with van der Waals surface area (Å²) in [4.78, 5) is 0. The van der Waals surface area contributed by atoms with E-state index >= 15 is 0 Å². The van der Waals surface area contributed by atoms with E-state index in [1.54, 1.807) is 0 Å². The van der Waals surface area contributed by atoms with E-state index in [1.165, 1.54) is 22.3 Å². The SMILES string of the molecule is C[C@]12N[C@](C)(Cc3ccccc31)c1ccccc12. The first-order chi connectivity index (χ1) is 8.63. The molecule has 0 radical (unpaired) electrons. The van der Waals surface area contributed by atoms with Crippen LogP contribution in [0.3, 0.4) is 0 Å². The third kappa shape index (κ3) is 1.06. The van der Waals surface area contributed by atoms with Gasteiger partial charge in [-0.2, -0.15) is 0 Å². The van der Waals surface area contributed by atoms with Crippen molar-refractivity contribution in [2.75, 3.05) is 0 Å². The predicted octanol–water partition coefficient (Wildman–Crippen LogP) is 3.32. The third-order valence-electron chi connectivity index (χ3n) is 4.69. The summed E-state index contributed by atoms with van der Waals surface area (Å²) in [5, 5.41) is 3.86. The number of fused-ring (bicyclic) bond motifs is 7. The molecule has 0 saturated heterocycles. The maximum Gasteiger partial charge on any atom is 0.0674 e. The van der Waals surface area contributed by atoms with E-state index in [1.807, 2.05) is 0 Å². The Morgan fingerprint density at radius 2 is 1.44 bits per heavy atom. The van der Waals surface area contributed by atoms with E-state index in [-0.39, 0.29) is 11.1 Å². The molecule has 2 bridgehead atoms. The molecule has 18 heavy (non-hydrogen) atoms. The van der Waals surface area contributed by atoms with Gasteiger partial charge in [-0.1, -0.05) is 48.5 Å². The first-order valence-corrected chi connectivity index (χ1v) is 6.61. The van der Waals surface area contributed by atoms with Crippen LogP contribution in [0.4, 0.5) is 0 Å². The number of benzene rings is 2. The summed E-state index contributed by atoms with van der Waals surface area (Å²) in [5.74, 6) is 0. The number of hydrogen-bond donors (Lipinski definition) is 1. The van der Waals surface area contributed by atoms with Crippen LogP contribution in [0, 0.1) is 0 Å². The quantitative estimate of drug-likeness (QED) is 0.738. The fourth-order valence-corrected chi connectivity index (χ4v) is 3.98. The molecule has 0 saturated carbocycles. The molecule has 2 aromatic carbocycles. The minimum absolute atomic E-state index is 0.0276. The van der Waals surface area contributed by atoms with Crippen molar-refractivity contribution < 1.29 is 0 Å². The lowest BCUT2D eigenvalue weighted by Gasteiger charge is -2.39. The smallest absolute Gasteiger partial charge is 0.0674 e. The highest BCUT2D eigenvalue weighted by atomic mass is 15.1. The lowest BCUT2D eigenvalue weighted by atomic mass is 9.80. The molecule has 0 aromatic heterocycles. The Balaban J connectivity index is 2.09. The monoisotopic (exact) mass is 235 g/mol. The molecule has 0 aliphatic carbocycles. The van der Waals surface area contributed by atoms with Crippen LogP contribution in [0.1, 0.15) is 36.1 Å². The highest BCUT2D eigenvalue weighted by Crippen LogP contribution is 2.50. The van der Waals surface area contributed by atoms with Crippen molar-refractivity contribution in [2.45, 2.75) is 31.3 Å². The van der Waals surface area contributed by atoms with E-state index in [0.29, 0.717) is 0 Å². The van der Waals surface area contributed by atoms with Gasteiger partial charge in [0.2, 0.25) is 0 Å². The lowest BCUT2D eigenvalue weighted by molar-refractivity contribution is 0.287. The van der Waals surface area contributed by atoms with Gasteiger partial charge in [0.25, 0.3) is 0 Å². The van der Waals surface area contributed by atoms with Gasteiger partial charge in [-0.05, 0) is 42.5 Å². The Morgan fingerprint density at radius 1 is 0.833 bits per heavy atom. The fourth-order valence-electron chi connectivity index (χ4n) is 3.98. The molecule has 0 spiro atoms. The summed E-state index contributed by atoms with van der Waals surface area (Å²) >= 11 is 0. The van der Waals surface area contributed by atoms with Gasteiger partial charge in [0.05, 0.1) is 5.54 Å². The Hall–Kier alpha value is -1.60. The van der Waals surface area contributed by atoms with Gasteiger partial charge < -0.3 is 0 Å². The topological polar surface area (TPSA) is 12.0 Å². The zero-order valence-electron chi connectivity index (χ0n) is 10.8. The van der Waals surface area contributed by atoms with E-state index in [2.05, 4.69) is 67.7 Å². The van der Waals surface area contributed by atoms with Crippen molar-refractivity contribution in [3.8, 4) is 0 Å². The summed E-state index contributed by atoms with van der Waals surface area (Å²) in [6.45, 7) is 4.64. The zero-order valence-corrected chi connectivity index (χ0v) is 10.8. The highest BCUT2D eigenvalue weighted by Gasteiger charge is 2.51. The van der Waals surface area contributed by atoms with Crippen LogP contribution < -0.4 is 5.32 Å². The first kappa shape index (κ1) is 10.3. The van der Waals surface area contributed by atoms with Gasteiger partial charge in [0.15, 0.2) is 0 Å². The molecule has 2 aliphatic rings. The van der Waals surface area contributed by atoms with Crippen LogP contribution in [0.5, 0.6) is 0 Å². The van der Waals surface area contributed by atoms with E-state index in [9.17, 15) is 0 Å². The van der Waals surface area contributed by atoms with E-state index in [4.69, 9.17) is 0 Å². The molecule has 1 nitrogen and oxygen atoms in total.